The minimum atomic E-state index is -0.0141. The number of benzene rings is 1. The summed E-state index contributed by atoms with van der Waals surface area (Å²) < 4.78 is 0.858. The van der Waals surface area contributed by atoms with E-state index in [1.807, 2.05) is 12.1 Å². The average molecular weight is 311 g/mol. The van der Waals surface area contributed by atoms with E-state index in [0.717, 1.165) is 10.0 Å². The third-order valence-corrected chi connectivity index (χ3v) is 2.97. The Morgan fingerprint density at radius 2 is 2.12 bits per heavy atom. The van der Waals surface area contributed by atoms with E-state index in [0.29, 0.717) is 17.1 Å². The molecule has 0 fully saturated rings. The van der Waals surface area contributed by atoms with Crippen LogP contribution in [0.5, 0.6) is 0 Å². The van der Waals surface area contributed by atoms with Gasteiger partial charge >= 0.3 is 0 Å². The molecule has 4 heteroatoms. The predicted molar refractivity (Wildman–Crippen MR) is 71.4 cm³/mol. The molecule has 0 atom stereocenters. The summed E-state index contributed by atoms with van der Waals surface area (Å²) in [4.78, 5) is 16.0. The molecule has 0 radical (unpaired) electrons. The van der Waals surface area contributed by atoms with Gasteiger partial charge in [-0.3, -0.25) is 9.78 Å². The number of nitrogens with zero attached hydrogens (tertiary/aromatic N) is 1. The topological polar surface area (TPSA) is 30.0 Å². The van der Waals surface area contributed by atoms with Gasteiger partial charge in [0.05, 0.1) is 0 Å². The summed E-state index contributed by atoms with van der Waals surface area (Å²) in [6, 6.07) is 10.8. The zero-order valence-electron chi connectivity index (χ0n) is 8.86. The SMILES string of the molecule is O=C(Cc1cccc(Cl)c1)c1ccc(Br)cn1. The van der Waals surface area contributed by atoms with Crippen molar-refractivity contribution >= 4 is 33.3 Å². The van der Waals surface area contributed by atoms with Crippen molar-refractivity contribution < 1.29 is 4.79 Å². The van der Waals surface area contributed by atoms with Gasteiger partial charge in [-0.25, -0.2) is 0 Å². The van der Waals surface area contributed by atoms with Gasteiger partial charge in [0.2, 0.25) is 0 Å². The van der Waals surface area contributed by atoms with Gasteiger partial charge in [-0.2, -0.15) is 0 Å². The van der Waals surface area contributed by atoms with Crippen LogP contribution in [0.4, 0.5) is 0 Å². The zero-order chi connectivity index (χ0) is 12.3. The number of hydrogen-bond donors (Lipinski definition) is 0. The van der Waals surface area contributed by atoms with Crippen LogP contribution in [0.2, 0.25) is 5.02 Å². The lowest BCUT2D eigenvalue weighted by molar-refractivity contribution is 0.0988. The van der Waals surface area contributed by atoms with Crippen LogP contribution in [0.15, 0.2) is 47.1 Å². The second kappa shape index (κ2) is 5.43. The first kappa shape index (κ1) is 12.3. The number of ketones is 1. The molecule has 1 aromatic heterocycles. The summed E-state index contributed by atoms with van der Waals surface area (Å²) >= 11 is 9.14. The maximum atomic E-state index is 11.9. The first-order valence-electron chi connectivity index (χ1n) is 5.04. The lowest BCUT2D eigenvalue weighted by atomic mass is 10.1. The number of carbonyl (C=O) groups is 1. The molecule has 1 heterocycles. The quantitative estimate of drug-likeness (QED) is 0.804. The molecule has 0 aliphatic carbocycles. The first-order chi connectivity index (χ1) is 8.15. The second-order valence-corrected chi connectivity index (χ2v) is 4.94. The number of aromatic nitrogens is 1. The fourth-order valence-corrected chi connectivity index (χ4v) is 1.91. The Labute approximate surface area is 113 Å². The zero-order valence-corrected chi connectivity index (χ0v) is 11.2. The molecular weight excluding hydrogens is 302 g/mol. The summed E-state index contributed by atoms with van der Waals surface area (Å²) in [6.45, 7) is 0. The first-order valence-corrected chi connectivity index (χ1v) is 6.21. The highest BCUT2D eigenvalue weighted by molar-refractivity contribution is 9.10. The maximum Gasteiger partial charge on any atom is 0.185 e. The Bertz CT molecular complexity index is 539. The summed E-state index contributed by atoms with van der Waals surface area (Å²) in [5.74, 6) is -0.0141. The normalized spacial score (nSPS) is 10.2. The Balaban J connectivity index is 2.14. The van der Waals surface area contributed by atoms with E-state index in [1.54, 1.807) is 30.5 Å². The van der Waals surface area contributed by atoms with Crippen molar-refractivity contribution in [3.8, 4) is 0 Å². The minimum absolute atomic E-state index is 0.0141. The van der Waals surface area contributed by atoms with Gasteiger partial charge < -0.3 is 0 Å². The molecule has 0 N–H and O–H groups in total. The van der Waals surface area contributed by atoms with Gasteiger partial charge in [0, 0.05) is 22.1 Å². The van der Waals surface area contributed by atoms with E-state index in [2.05, 4.69) is 20.9 Å². The van der Waals surface area contributed by atoms with Gasteiger partial charge in [-0.15, -0.1) is 0 Å². The Morgan fingerprint density at radius 1 is 1.29 bits per heavy atom. The van der Waals surface area contributed by atoms with Crippen LogP contribution in [0.25, 0.3) is 0 Å². The maximum absolute atomic E-state index is 11.9. The fourth-order valence-electron chi connectivity index (χ4n) is 1.46. The van der Waals surface area contributed by atoms with E-state index in [4.69, 9.17) is 11.6 Å². The largest absolute Gasteiger partial charge is 0.292 e. The van der Waals surface area contributed by atoms with Crippen molar-refractivity contribution in [3.63, 3.8) is 0 Å². The van der Waals surface area contributed by atoms with Crippen molar-refractivity contribution in [1.29, 1.82) is 0 Å². The van der Waals surface area contributed by atoms with E-state index in [-0.39, 0.29) is 5.78 Å². The fraction of sp³-hybridized carbons (Fsp3) is 0.0769. The van der Waals surface area contributed by atoms with Crippen molar-refractivity contribution in [1.82, 2.24) is 4.98 Å². The lowest BCUT2D eigenvalue weighted by Gasteiger charge is -2.01. The highest BCUT2D eigenvalue weighted by Crippen LogP contribution is 2.13. The predicted octanol–water partition coefficient (Wildman–Crippen LogP) is 3.92. The lowest BCUT2D eigenvalue weighted by Crippen LogP contribution is -2.05. The van der Waals surface area contributed by atoms with Crippen LogP contribution < -0.4 is 0 Å². The highest BCUT2D eigenvalue weighted by Gasteiger charge is 2.08. The van der Waals surface area contributed by atoms with Crippen LogP contribution in [0.1, 0.15) is 16.1 Å². The summed E-state index contributed by atoms with van der Waals surface area (Å²) in [6.07, 6.45) is 1.93. The third-order valence-electron chi connectivity index (χ3n) is 2.27. The molecule has 2 rings (SSSR count). The van der Waals surface area contributed by atoms with E-state index in [9.17, 15) is 4.79 Å². The average Bonchev–Trinajstić information content (AvgIpc) is 2.29. The molecule has 0 amide bonds. The molecule has 2 nitrogen and oxygen atoms in total. The number of carbonyl (C=O) groups excluding carboxylic acids is 1. The van der Waals surface area contributed by atoms with Crippen LogP contribution in [-0.2, 0) is 6.42 Å². The molecule has 0 saturated carbocycles. The van der Waals surface area contributed by atoms with Gasteiger partial charge in [0.15, 0.2) is 5.78 Å². The Kier molecular flexibility index (Phi) is 3.92. The Morgan fingerprint density at radius 3 is 2.76 bits per heavy atom. The highest BCUT2D eigenvalue weighted by atomic mass is 79.9. The summed E-state index contributed by atoms with van der Waals surface area (Å²) in [5, 5.41) is 0.638. The van der Waals surface area contributed by atoms with Gasteiger partial charge in [-0.05, 0) is 45.8 Å². The van der Waals surface area contributed by atoms with Crippen LogP contribution in [0.3, 0.4) is 0 Å². The van der Waals surface area contributed by atoms with Gasteiger partial charge in [0.25, 0.3) is 0 Å². The number of Topliss-reactive ketones (excluding diaryl/α,β-unsaturated/α-hetero) is 1. The molecule has 0 spiro atoms. The molecule has 0 aliphatic heterocycles. The standard InChI is InChI=1S/C13H9BrClNO/c14-10-4-5-12(16-8-10)13(17)7-9-2-1-3-11(15)6-9/h1-6,8H,7H2. The molecule has 0 unspecified atom stereocenters. The van der Waals surface area contributed by atoms with E-state index >= 15 is 0 Å². The molecule has 0 aliphatic rings. The number of halogens is 2. The van der Waals surface area contributed by atoms with Gasteiger partial charge in [0.1, 0.15) is 5.69 Å². The van der Waals surface area contributed by atoms with Crippen LogP contribution >= 0.6 is 27.5 Å². The van der Waals surface area contributed by atoms with Crippen LogP contribution in [0, 0.1) is 0 Å². The smallest absolute Gasteiger partial charge is 0.185 e. The molecular formula is C13H9BrClNO. The van der Waals surface area contributed by atoms with Crippen molar-refractivity contribution in [3.05, 3.63) is 63.3 Å². The molecule has 1 aromatic carbocycles. The van der Waals surface area contributed by atoms with E-state index in [1.165, 1.54) is 0 Å². The molecule has 2 aromatic rings. The van der Waals surface area contributed by atoms with Crippen molar-refractivity contribution in [2.24, 2.45) is 0 Å². The number of hydrogen-bond acceptors (Lipinski definition) is 2. The molecule has 0 bridgehead atoms. The number of rotatable bonds is 3. The van der Waals surface area contributed by atoms with Crippen molar-refractivity contribution in [2.75, 3.05) is 0 Å². The Hall–Kier alpha value is -1.19. The number of pyridine rings is 1. The van der Waals surface area contributed by atoms with E-state index < -0.39 is 0 Å². The molecule has 0 saturated heterocycles. The van der Waals surface area contributed by atoms with Crippen LogP contribution in [-0.4, -0.2) is 10.8 Å². The van der Waals surface area contributed by atoms with Crippen molar-refractivity contribution in [2.45, 2.75) is 6.42 Å². The monoisotopic (exact) mass is 309 g/mol. The summed E-state index contributed by atoms with van der Waals surface area (Å²) in [7, 11) is 0. The molecule has 86 valence electrons. The minimum Gasteiger partial charge on any atom is -0.292 e. The van der Waals surface area contributed by atoms with Gasteiger partial charge in [-0.1, -0.05) is 23.7 Å². The molecule has 17 heavy (non-hydrogen) atoms. The third kappa shape index (κ3) is 3.38. The second-order valence-electron chi connectivity index (χ2n) is 3.59. The summed E-state index contributed by atoms with van der Waals surface area (Å²) in [5.41, 5.74) is 1.36.